The van der Waals surface area contributed by atoms with Crippen LogP contribution in [0.25, 0.3) is 11.8 Å². The number of hydrogen-bond donors (Lipinski definition) is 1. The first-order chi connectivity index (χ1) is 15.4. The van der Waals surface area contributed by atoms with Gasteiger partial charge in [0.05, 0.1) is 30.9 Å². The highest BCUT2D eigenvalue weighted by Crippen LogP contribution is 2.31. The molecule has 0 bridgehead atoms. The van der Waals surface area contributed by atoms with Crippen molar-refractivity contribution >= 4 is 17.8 Å². The Hall–Kier alpha value is -3.74. The Bertz CT molecular complexity index is 1200. The van der Waals surface area contributed by atoms with E-state index in [0.717, 1.165) is 28.1 Å². The number of piperidine rings is 1. The number of aryl methyl sites for hydroxylation is 1. The van der Waals surface area contributed by atoms with E-state index >= 15 is 0 Å². The topological polar surface area (TPSA) is 71.2 Å². The van der Waals surface area contributed by atoms with Crippen LogP contribution < -0.4 is 4.74 Å². The van der Waals surface area contributed by atoms with Crippen LogP contribution in [0.5, 0.6) is 5.75 Å². The van der Waals surface area contributed by atoms with Crippen LogP contribution in [0.2, 0.25) is 0 Å². The van der Waals surface area contributed by atoms with Crippen molar-refractivity contribution in [1.29, 1.82) is 5.41 Å². The van der Waals surface area contributed by atoms with Crippen molar-refractivity contribution in [3.63, 3.8) is 0 Å². The van der Waals surface area contributed by atoms with Gasteiger partial charge < -0.3 is 9.30 Å². The molecule has 7 heteroatoms. The lowest BCUT2D eigenvalue weighted by Crippen LogP contribution is -2.42. The molecule has 0 aliphatic carbocycles. The van der Waals surface area contributed by atoms with Crippen LogP contribution in [0.15, 0.2) is 60.6 Å². The molecule has 164 valence electrons. The number of amidine groups is 1. The Morgan fingerprint density at radius 1 is 1.19 bits per heavy atom. The van der Waals surface area contributed by atoms with Crippen LogP contribution >= 0.6 is 0 Å². The monoisotopic (exact) mass is 432 g/mol. The number of rotatable bonds is 5. The molecule has 2 heterocycles. The summed E-state index contributed by atoms with van der Waals surface area (Å²) in [5.41, 5.74) is 4.22. The van der Waals surface area contributed by atoms with Crippen molar-refractivity contribution < 1.29 is 13.9 Å². The largest absolute Gasteiger partial charge is 0.495 e. The highest BCUT2D eigenvalue weighted by atomic mass is 19.1. The first-order valence-electron chi connectivity index (χ1n) is 10.4. The van der Waals surface area contributed by atoms with E-state index in [-0.39, 0.29) is 23.6 Å². The molecule has 1 fully saturated rings. The maximum absolute atomic E-state index is 13.3. The maximum Gasteiger partial charge on any atom is 0.229 e. The fourth-order valence-electron chi connectivity index (χ4n) is 3.95. The molecule has 1 aliphatic heterocycles. The number of benzene rings is 2. The summed E-state index contributed by atoms with van der Waals surface area (Å²) in [5.74, 6) is 0.426. The molecule has 1 amide bonds. The second-order valence-corrected chi connectivity index (χ2v) is 7.86. The van der Waals surface area contributed by atoms with Crippen molar-refractivity contribution in [2.24, 2.45) is 0 Å². The summed E-state index contributed by atoms with van der Waals surface area (Å²) < 4.78 is 20.8. The zero-order chi connectivity index (χ0) is 22.8. The van der Waals surface area contributed by atoms with E-state index in [1.807, 2.05) is 48.9 Å². The third-order valence-corrected chi connectivity index (χ3v) is 5.70. The number of methoxy groups -OCH3 is 1. The van der Waals surface area contributed by atoms with E-state index < -0.39 is 0 Å². The number of carbonyl (C=O) groups excluding carboxylic acids is 1. The van der Waals surface area contributed by atoms with Gasteiger partial charge in [0.1, 0.15) is 17.4 Å². The number of nitrogens with zero attached hydrogens (tertiary/aromatic N) is 3. The molecule has 1 aliphatic rings. The third-order valence-electron chi connectivity index (χ3n) is 5.70. The summed E-state index contributed by atoms with van der Waals surface area (Å²) in [4.78, 5) is 18.4. The summed E-state index contributed by atoms with van der Waals surface area (Å²) >= 11 is 0. The number of carbonyl (C=O) groups is 1. The van der Waals surface area contributed by atoms with Crippen LogP contribution in [0, 0.1) is 18.2 Å². The molecule has 1 atom stereocenters. The average molecular weight is 432 g/mol. The first kappa shape index (κ1) is 21.5. The van der Waals surface area contributed by atoms with Gasteiger partial charge in [0.25, 0.3) is 0 Å². The van der Waals surface area contributed by atoms with Crippen LogP contribution in [0.3, 0.4) is 0 Å². The Labute approximate surface area is 186 Å². The molecule has 32 heavy (non-hydrogen) atoms. The van der Waals surface area contributed by atoms with Crippen molar-refractivity contribution in [3.05, 3.63) is 83.2 Å². The first-order valence-corrected chi connectivity index (χ1v) is 10.4. The van der Waals surface area contributed by atoms with Gasteiger partial charge in [-0.25, -0.2) is 9.37 Å². The Balaban J connectivity index is 1.63. The molecular weight excluding hydrogens is 407 g/mol. The SMILES string of the molecule is COc1cc(C=C2CCC(=O)N(C(C)c3ccc(F)cc3)C2=N)ccc1-n1cnc(C)c1. The van der Waals surface area contributed by atoms with Gasteiger partial charge in [0.15, 0.2) is 0 Å². The molecule has 1 aromatic heterocycles. The molecule has 4 rings (SSSR count). The van der Waals surface area contributed by atoms with Crippen molar-refractivity contribution in [2.45, 2.75) is 32.7 Å². The molecule has 2 aromatic carbocycles. The number of amides is 1. The number of halogens is 1. The molecule has 0 radical (unpaired) electrons. The van der Waals surface area contributed by atoms with Gasteiger partial charge >= 0.3 is 0 Å². The lowest BCUT2D eigenvalue weighted by molar-refractivity contribution is -0.129. The van der Waals surface area contributed by atoms with Crippen LogP contribution in [0.1, 0.15) is 42.6 Å². The van der Waals surface area contributed by atoms with Gasteiger partial charge in [-0.2, -0.15) is 0 Å². The van der Waals surface area contributed by atoms with E-state index in [0.29, 0.717) is 18.6 Å². The van der Waals surface area contributed by atoms with Gasteiger partial charge in [0, 0.05) is 12.6 Å². The number of nitrogens with one attached hydrogen (secondary N) is 1. The fourth-order valence-corrected chi connectivity index (χ4v) is 3.95. The van der Waals surface area contributed by atoms with Crippen molar-refractivity contribution in [1.82, 2.24) is 14.5 Å². The average Bonchev–Trinajstić information content (AvgIpc) is 3.22. The zero-order valence-electron chi connectivity index (χ0n) is 18.3. The number of likely N-dealkylation sites (tertiary alicyclic amines) is 1. The summed E-state index contributed by atoms with van der Waals surface area (Å²) in [6, 6.07) is 11.5. The van der Waals surface area contributed by atoms with Crippen molar-refractivity contribution in [3.8, 4) is 11.4 Å². The smallest absolute Gasteiger partial charge is 0.229 e. The normalized spacial score (nSPS) is 16.5. The van der Waals surface area contributed by atoms with Gasteiger partial charge in [0.2, 0.25) is 5.91 Å². The molecule has 3 aromatic rings. The second kappa shape index (κ2) is 8.78. The van der Waals surface area contributed by atoms with Crippen LogP contribution in [0.4, 0.5) is 4.39 Å². The summed E-state index contributed by atoms with van der Waals surface area (Å²) in [5, 5.41) is 8.70. The van der Waals surface area contributed by atoms with E-state index in [1.54, 1.807) is 25.6 Å². The van der Waals surface area contributed by atoms with E-state index in [4.69, 9.17) is 10.1 Å². The molecule has 1 N–H and O–H groups in total. The summed E-state index contributed by atoms with van der Waals surface area (Å²) in [7, 11) is 1.62. The Kier molecular flexibility index (Phi) is 5.90. The molecule has 6 nitrogen and oxygen atoms in total. The lowest BCUT2D eigenvalue weighted by Gasteiger charge is -2.34. The highest BCUT2D eigenvalue weighted by Gasteiger charge is 2.31. The number of ether oxygens (including phenoxy) is 1. The van der Waals surface area contributed by atoms with Gasteiger partial charge in [-0.05, 0) is 67.3 Å². The predicted molar refractivity (Wildman–Crippen MR) is 121 cm³/mol. The second-order valence-electron chi connectivity index (χ2n) is 7.86. The van der Waals surface area contributed by atoms with E-state index in [1.165, 1.54) is 17.0 Å². The van der Waals surface area contributed by atoms with Crippen molar-refractivity contribution in [2.75, 3.05) is 7.11 Å². The van der Waals surface area contributed by atoms with Gasteiger partial charge in [-0.1, -0.05) is 18.2 Å². The standard InChI is InChI=1S/C25H25FN4O2/c1-16-14-29(15-28-16)22-10-4-18(13-23(22)32-3)12-20-7-11-24(31)30(25(20)27)17(2)19-5-8-21(26)9-6-19/h4-6,8-10,12-15,17,27H,7,11H2,1-3H3. The predicted octanol–water partition coefficient (Wildman–Crippen LogP) is 5.07. The Morgan fingerprint density at radius 3 is 2.59 bits per heavy atom. The minimum absolute atomic E-state index is 0.104. The molecule has 0 saturated carbocycles. The molecule has 0 spiro atoms. The molecular formula is C25H25FN4O2. The van der Waals surface area contributed by atoms with Crippen LogP contribution in [-0.2, 0) is 4.79 Å². The number of imidazole rings is 1. The summed E-state index contributed by atoms with van der Waals surface area (Å²) in [6.45, 7) is 3.78. The molecule has 1 saturated heterocycles. The highest BCUT2D eigenvalue weighted by molar-refractivity contribution is 6.11. The number of hydrogen-bond acceptors (Lipinski definition) is 4. The summed E-state index contributed by atoms with van der Waals surface area (Å²) in [6.07, 6.45) is 6.40. The zero-order valence-corrected chi connectivity index (χ0v) is 18.3. The number of aromatic nitrogens is 2. The minimum atomic E-state index is -0.360. The Morgan fingerprint density at radius 2 is 1.94 bits per heavy atom. The fraction of sp³-hybridized carbons (Fsp3) is 0.240. The minimum Gasteiger partial charge on any atom is -0.495 e. The quantitative estimate of drug-likeness (QED) is 0.612. The van der Waals surface area contributed by atoms with Crippen LogP contribution in [-0.4, -0.2) is 33.3 Å². The maximum atomic E-state index is 13.3. The van der Waals surface area contributed by atoms with Gasteiger partial charge in [-0.3, -0.25) is 15.1 Å². The lowest BCUT2D eigenvalue weighted by atomic mass is 9.96. The third kappa shape index (κ3) is 4.19. The van der Waals surface area contributed by atoms with E-state index in [9.17, 15) is 9.18 Å². The van der Waals surface area contributed by atoms with E-state index in [2.05, 4.69) is 4.98 Å². The van der Waals surface area contributed by atoms with Gasteiger partial charge in [-0.15, -0.1) is 0 Å². The molecule has 1 unspecified atom stereocenters.